The number of likely N-dealkylation sites (tertiary alicyclic amines) is 1. The van der Waals surface area contributed by atoms with E-state index >= 15 is 0 Å². The number of amides is 1. The maximum atomic E-state index is 13.3. The largest absolute Gasteiger partial charge is 0.481 e. The maximum Gasteiger partial charge on any atom is 0.258 e. The number of β-amino-alcohol motifs (C(OH)–C–C–N with tert-alkyl or cyclic N) is 1. The average molecular weight is 324 g/mol. The Morgan fingerprint density at radius 1 is 1.43 bits per heavy atom. The number of aliphatic hydroxyl groups excluding tert-OH is 1. The van der Waals surface area contributed by atoms with E-state index in [1.54, 1.807) is 12.1 Å². The minimum Gasteiger partial charge on any atom is -0.481 e. The maximum absolute atomic E-state index is 13.3. The molecule has 0 aromatic heterocycles. The molecule has 1 amide bonds. The van der Waals surface area contributed by atoms with Crippen molar-refractivity contribution in [1.82, 2.24) is 10.2 Å². The summed E-state index contributed by atoms with van der Waals surface area (Å²) in [6, 6.07) is 5.94. The van der Waals surface area contributed by atoms with Crippen molar-refractivity contribution < 1.29 is 19.0 Å². The quantitative estimate of drug-likeness (QED) is 0.796. The van der Waals surface area contributed by atoms with Crippen molar-refractivity contribution in [2.75, 3.05) is 32.8 Å². The second-order valence-electron chi connectivity index (χ2n) is 6.16. The van der Waals surface area contributed by atoms with Crippen LogP contribution in [0.2, 0.25) is 0 Å². The number of nitrogens with one attached hydrogen (secondary N) is 1. The van der Waals surface area contributed by atoms with Gasteiger partial charge in [-0.3, -0.25) is 4.79 Å². The standard InChI is InChI=1S/C17H25FN2O3/c1-13-6-8-20(9-7-13)11-14(21)10-19-17(22)12-23-16-5-3-2-4-15(16)18/h2-5,13-14,21H,6-12H2,1H3,(H,19,22). The summed E-state index contributed by atoms with van der Waals surface area (Å²) < 4.78 is 18.5. The van der Waals surface area contributed by atoms with Crippen molar-refractivity contribution in [2.24, 2.45) is 5.92 Å². The molecular weight excluding hydrogens is 299 g/mol. The molecule has 0 radical (unpaired) electrons. The van der Waals surface area contributed by atoms with Gasteiger partial charge in [-0.2, -0.15) is 0 Å². The number of hydrogen-bond acceptors (Lipinski definition) is 4. The van der Waals surface area contributed by atoms with Crippen LogP contribution in [0.25, 0.3) is 0 Å². The lowest BCUT2D eigenvalue weighted by Crippen LogP contribution is -2.43. The number of halogens is 1. The Labute approximate surface area is 136 Å². The summed E-state index contributed by atoms with van der Waals surface area (Å²) in [7, 11) is 0. The number of ether oxygens (including phenoxy) is 1. The van der Waals surface area contributed by atoms with E-state index in [2.05, 4.69) is 17.1 Å². The Morgan fingerprint density at radius 3 is 2.83 bits per heavy atom. The van der Waals surface area contributed by atoms with Gasteiger partial charge in [0.1, 0.15) is 0 Å². The number of aliphatic hydroxyl groups is 1. The van der Waals surface area contributed by atoms with E-state index in [-0.39, 0.29) is 24.8 Å². The number of carbonyl (C=O) groups excluding carboxylic acids is 1. The lowest BCUT2D eigenvalue weighted by Gasteiger charge is -2.31. The predicted octanol–water partition coefficient (Wildman–Crippen LogP) is 1.41. The number of carbonyl (C=O) groups is 1. The first kappa shape index (κ1) is 17.7. The Bertz CT molecular complexity index is 504. The first-order chi connectivity index (χ1) is 11.0. The molecule has 1 atom stereocenters. The average Bonchev–Trinajstić information content (AvgIpc) is 2.54. The smallest absolute Gasteiger partial charge is 0.258 e. The van der Waals surface area contributed by atoms with Crippen LogP contribution in [0.3, 0.4) is 0 Å². The van der Waals surface area contributed by atoms with Gasteiger partial charge in [-0.25, -0.2) is 4.39 Å². The second kappa shape index (κ2) is 8.84. The molecule has 5 nitrogen and oxygen atoms in total. The topological polar surface area (TPSA) is 61.8 Å². The Morgan fingerprint density at radius 2 is 2.13 bits per heavy atom. The molecule has 1 aromatic carbocycles. The molecule has 1 aliphatic heterocycles. The van der Waals surface area contributed by atoms with Crippen LogP contribution in [0.4, 0.5) is 4.39 Å². The number of hydrogen-bond donors (Lipinski definition) is 2. The summed E-state index contributed by atoms with van der Waals surface area (Å²) in [5.41, 5.74) is 0. The van der Waals surface area contributed by atoms with Gasteiger partial charge >= 0.3 is 0 Å². The van der Waals surface area contributed by atoms with Crippen molar-refractivity contribution >= 4 is 5.91 Å². The van der Waals surface area contributed by atoms with Gasteiger partial charge in [-0.1, -0.05) is 19.1 Å². The van der Waals surface area contributed by atoms with Crippen molar-refractivity contribution in [1.29, 1.82) is 0 Å². The van der Waals surface area contributed by atoms with Crippen LogP contribution in [0, 0.1) is 11.7 Å². The minimum absolute atomic E-state index is 0.0469. The van der Waals surface area contributed by atoms with Crippen LogP contribution in [0.1, 0.15) is 19.8 Å². The molecule has 6 heteroatoms. The second-order valence-corrected chi connectivity index (χ2v) is 6.16. The molecule has 0 spiro atoms. The van der Waals surface area contributed by atoms with Gasteiger partial charge in [0, 0.05) is 13.1 Å². The fourth-order valence-corrected chi connectivity index (χ4v) is 2.59. The molecule has 128 valence electrons. The van der Waals surface area contributed by atoms with E-state index in [9.17, 15) is 14.3 Å². The summed E-state index contributed by atoms with van der Waals surface area (Å²) in [4.78, 5) is 13.9. The third kappa shape index (κ3) is 6.15. The summed E-state index contributed by atoms with van der Waals surface area (Å²) in [5.74, 6) is -0.0801. The lowest BCUT2D eigenvalue weighted by molar-refractivity contribution is -0.123. The van der Waals surface area contributed by atoms with Crippen LogP contribution < -0.4 is 10.1 Å². The predicted molar refractivity (Wildman–Crippen MR) is 85.7 cm³/mol. The number of rotatable bonds is 7. The van der Waals surface area contributed by atoms with Crippen LogP contribution in [0.5, 0.6) is 5.75 Å². The lowest BCUT2D eigenvalue weighted by atomic mass is 9.99. The molecule has 1 heterocycles. The van der Waals surface area contributed by atoms with Gasteiger partial charge in [0.15, 0.2) is 18.2 Å². The number of benzene rings is 1. The molecule has 1 aromatic rings. The SMILES string of the molecule is CC1CCN(CC(O)CNC(=O)COc2ccccc2F)CC1. The molecule has 0 aliphatic carbocycles. The van der Waals surface area contributed by atoms with E-state index in [0.29, 0.717) is 6.54 Å². The van der Waals surface area contributed by atoms with Crippen LogP contribution >= 0.6 is 0 Å². The van der Waals surface area contributed by atoms with Gasteiger partial charge in [0.25, 0.3) is 5.91 Å². The van der Waals surface area contributed by atoms with E-state index in [4.69, 9.17) is 4.74 Å². The van der Waals surface area contributed by atoms with Gasteiger partial charge in [0.05, 0.1) is 6.10 Å². The highest BCUT2D eigenvalue weighted by Gasteiger charge is 2.18. The molecular formula is C17H25FN2O3. The van der Waals surface area contributed by atoms with E-state index < -0.39 is 11.9 Å². The van der Waals surface area contributed by atoms with Crippen molar-refractivity contribution in [3.8, 4) is 5.75 Å². The summed E-state index contributed by atoms with van der Waals surface area (Å²) in [6.07, 6.45) is 1.69. The third-order valence-electron chi connectivity index (χ3n) is 4.08. The van der Waals surface area contributed by atoms with Crippen LogP contribution in [-0.2, 0) is 4.79 Å². The Kier molecular flexibility index (Phi) is 6.80. The first-order valence-corrected chi connectivity index (χ1v) is 8.09. The van der Waals surface area contributed by atoms with Crippen molar-refractivity contribution in [3.63, 3.8) is 0 Å². The van der Waals surface area contributed by atoms with E-state index in [0.717, 1.165) is 31.8 Å². The number of piperidine rings is 1. The molecule has 2 rings (SSSR count). The van der Waals surface area contributed by atoms with Crippen LogP contribution in [-0.4, -0.2) is 54.8 Å². The molecule has 23 heavy (non-hydrogen) atoms. The van der Waals surface area contributed by atoms with Crippen molar-refractivity contribution in [2.45, 2.75) is 25.9 Å². The summed E-state index contributed by atoms with van der Waals surface area (Å²) in [6.45, 7) is 4.68. The van der Waals surface area contributed by atoms with E-state index in [1.807, 2.05) is 0 Å². The molecule has 2 N–H and O–H groups in total. The molecule has 0 bridgehead atoms. The highest BCUT2D eigenvalue weighted by atomic mass is 19.1. The van der Waals surface area contributed by atoms with Gasteiger partial charge in [-0.05, 0) is 44.0 Å². The zero-order valence-electron chi connectivity index (χ0n) is 13.5. The summed E-state index contributed by atoms with van der Waals surface area (Å²) in [5, 5.41) is 12.6. The monoisotopic (exact) mass is 324 g/mol. The number of nitrogens with zero attached hydrogens (tertiary/aromatic N) is 1. The molecule has 1 unspecified atom stereocenters. The molecule has 1 saturated heterocycles. The third-order valence-corrected chi connectivity index (χ3v) is 4.08. The first-order valence-electron chi connectivity index (χ1n) is 8.09. The zero-order chi connectivity index (χ0) is 16.7. The highest BCUT2D eigenvalue weighted by Crippen LogP contribution is 2.16. The van der Waals surface area contributed by atoms with Crippen LogP contribution in [0.15, 0.2) is 24.3 Å². The van der Waals surface area contributed by atoms with Gasteiger partial charge in [0.2, 0.25) is 0 Å². The number of para-hydroxylation sites is 1. The van der Waals surface area contributed by atoms with Crippen molar-refractivity contribution in [3.05, 3.63) is 30.1 Å². The molecule has 1 fully saturated rings. The normalized spacial score (nSPS) is 17.7. The zero-order valence-corrected chi connectivity index (χ0v) is 13.5. The van der Waals surface area contributed by atoms with Gasteiger partial charge < -0.3 is 20.1 Å². The van der Waals surface area contributed by atoms with E-state index in [1.165, 1.54) is 12.1 Å². The molecule has 0 saturated carbocycles. The highest BCUT2D eigenvalue weighted by molar-refractivity contribution is 5.77. The fraction of sp³-hybridized carbons (Fsp3) is 0.588. The Hall–Kier alpha value is -1.66. The molecule has 1 aliphatic rings. The summed E-state index contributed by atoms with van der Waals surface area (Å²) >= 11 is 0. The Balaban J connectivity index is 1.63. The fourth-order valence-electron chi connectivity index (χ4n) is 2.59. The minimum atomic E-state index is -0.610. The van der Waals surface area contributed by atoms with Gasteiger partial charge in [-0.15, -0.1) is 0 Å².